The number of ether oxygens (including phenoxy) is 3. The van der Waals surface area contributed by atoms with E-state index in [1.807, 2.05) is 24.3 Å². The van der Waals surface area contributed by atoms with Crippen LogP contribution in [-0.4, -0.2) is 71.5 Å². The summed E-state index contributed by atoms with van der Waals surface area (Å²) in [6.45, 7) is 6.91. The zero-order chi connectivity index (χ0) is 22.9. The Kier molecular flexibility index (Phi) is 8.41. The number of halogens is 1. The SMILES string of the molecule is CCNC(=NCCc1ccc(OC)c(OC)c1OC)N1CCN(c2ccc(F)cc2)CC1. The summed E-state index contributed by atoms with van der Waals surface area (Å²) in [7, 11) is 4.85. The van der Waals surface area contributed by atoms with Crippen molar-refractivity contribution in [1.29, 1.82) is 0 Å². The van der Waals surface area contributed by atoms with E-state index in [2.05, 4.69) is 22.0 Å². The minimum Gasteiger partial charge on any atom is -0.493 e. The Labute approximate surface area is 189 Å². The lowest BCUT2D eigenvalue weighted by atomic mass is 10.1. The zero-order valence-corrected chi connectivity index (χ0v) is 19.4. The number of piperazine rings is 1. The minimum absolute atomic E-state index is 0.208. The lowest BCUT2D eigenvalue weighted by Gasteiger charge is -2.37. The van der Waals surface area contributed by atoms with Crippen LogP contribution in [0.5, 0.6) is 17.2 Å². The van der Waals surface area contributed by atoms with Crippen molar-refractivity contribution in [2.75, 3.05) is 65.5 Å². The molecule has 0 aromatic heterocycles. The highest BCUT2D eigenvalue weighted by atomic mass is 19.1. The molecule has 1 aliphatic rings. The van der Waals surface area contributed by atoms with Crippen molar-refractivity contribution in [3.8, 4) is 17.2 Å². The summed E-state index contributed by atoms with van der Waals surface area (Å²) >= 11 is 0. The Balaban J connectivity index is 1.64. The van der Waals surface area contributed by atoms with E-state index in [9.17, 15) is 4.39 Å². The normalized spacial score (nSPS) is 14.3. The summed E-state index contributed by atoms with van der Waals surface area (Å²) in [5.74, 6) is 2.62. The van der Waals surface area contributed by atoms with Crippen molar-refractivity contribution in [3.05, 3.63) is 47.8 Å². The minimum atomic E-state index is -0.208. The van der Waals surface area contributed by atoms with Crippen LogP contribution in [0.25, 0.3) is 0 Å². The highest BCUT2D eigenvalue weighted by molar-refractivity contribution is 5.80. The fraction of sp³-hybridized carbons (Fsp3) is 0.458. The molecular formula is C24H33FN4O3. The van der Waals surface area contributed by atoms with Gasteiger partial charge in [-0.3, -0.25) is 4.99 Å². The molecule has 1 N–H and O–H groups in total. The van der Waals surface area contributed by atoms with Gasteiger partial charge >= 0.3 is 0 Å². The molecule has 8 heteroatoms. The Hall–Kier alpha value is -3.16. The van der Waals surface area contributed by atoms with Crippen molar-refractivity contribution in [2.45, 2.75) is 13.3 Å². The number of rotatable bonds is 8. The van der Waals surface area contributed by atoms with Gasteiger partial charge in [-0.25, -0.2) is 4.39 Å². The lowest BCUT2D eigenvalue weighted by molar-refractivity contribution is 0.322. The number of methoxy groups -OCH3 is 3. The van der Waals surface area contributed by atoms with Gasteiger partial charge in [-0.1, -0.05) is 6.07 Å². The van der Waals surface area contributed by atoms with Gasteiger partial charge in [0.1, 0.15) is 5.82 Å². The van der Waals surface area contributed by atoms with Crippen LogP contribution in [0.3, 0.4) is 0 Å². The maximum Gasteiger partial charge on any atom is 0.203 e. The van der Waals surface area contributed by atoms with Crippen LogP contribution < -0.4 is 24.4 Å². The topological polar surface area (TPSA) is 58.6 Å². The molecular weight excluding hydrogens is 411 g/mol. The van der Waals surface area contributed by atoms with Crippen LogP contribution in [0.4, 0.5) is 10.1 Å². The van der Waals surface area contributed by atoms with E-state index in [-0.39, 0.29) is 5.82 Å². The number of nitrogens with zero attached hydrogens (tertiary/aromatic N) is 3. The molecule has 0 saturated carbocycles. The first kappa shape index (κ1) is 23.5. The number of guanidine groups is 1. The summed E-state index contributed by atoms with van der Waals surface area (Å²) in [4.78, 5) is 9.40. The maximum absolute atomic E-state index is 13.2. The third kappa shape index (κ3) is 5.55. The van der Waals surface area contributed by atoms with Gasteiger partial charge in [-0.05, 0) is 43.7 Å². The maximum atomic E-state index is 13.2. The molecule has 1 aliphatic heterocycles. The van der Waals surface area contributed by atoms with Gasteiger partial charge in [0.2, 0.25) is 5.75 Å². The molecule has 0 aliphatic carbocycles. The molecule has 174 valence electrons. The summed E-state index contributed by atoms with van der Waals surface area (Å²) in [6, 6.07) is 10.6. The third-order valence-corrected chi connectivity index (χ3v) is 5.53. The van der Waals surface area contributed by atoms with E-state index in [1.165, 1.54) is 12.1 Å². The molecule has 0 spiro atoms. The van der Waals surface area contributed by atoms with E-state index in [1.54, 1.807) is 21.3 Å². The molecule has 0 unspecified atom stereocenters. The van der Waals surface area contributed by atoms with E-state index in [4.69, 9.17) is 19.2 Å². The van der Waals surface area contributed by atoms with Gasteiger partial charge in [-0.2, -0.15) is 0 Å². The first-order valence-electron chi connectivity index (χ1n) is 10.9. The number of anilines is 1. The molecule has 1 fully saturated rings. The van der Waals surface area contributed by atoms with E-state index in [0.29, 0.717) is 30.2 Å². The van der Waals surface area contributed by atoms with Crippen LogP contribution in [-0.2, 0) is 6.42 Å². The molecule has 2 aromatic carbocycles. The van der Waals surface area contributed by atoms with Gasteiger partial charge in [0.05, 0.1) is 21.3 Å². The predicted octanol–water partition coefficient (Wildman–Crippen LogP) is 3.18. The first-order chi connectivity index (χ1) is 15.6. The highest BCUT2D eigenvalue weighted by Gasteiger charge is 2.20. The van der Waals surface area contributed by atoms with Gasteiger partial charge in [0.15, 0.2) is 17.5 Å². The molecule has 0 radical (unpaired) electrons. The zero-order valence-electron chi connectivity index (χ0n) is 19.4. The Morgan fingerprint density at radius 2 is 1.62 bits per heavy atom. The summed E-state index contributed by atoms with van der Waals surface area (Å²) in [5.41, 5.74) is 2.07. The van der Waals surface area contributed by atoms with Crippen molar-refractivity contribution < 1.29 is 18.6 Å². The molecule has 1 saturated heterocycles. The van der Waals surface area contributed by atoms with Crippen molar-refractivity contribution in [1.82, 2.24) is 10.2 Å². The second kappa shape index (κ2) is 11.5. The predicted molar refractivity (Wildman–Crippen MR) is 126 cm³/mol. The second-order valence-electron chi connectivity index (χ2n) is 7.43. The number of aliphatic imine (C=N–C) groups is 1. The molecule has 0 amide bonds. The van der Waals surface area contributed by atoms with E-state index in [0.717, 1.165) is 49.9 Å². The lowest BCUT2D eigenvalue weighted by Crippen LogP contribution is -2.52. The summed E-state index contributed by atoms with van der Waals surface area (Å²) < 4.78 is 29.6. The Morgan fingerprint density at radius 3 is 2.22 bits per heavy atom. The fourth-order valence-electron chi connectivity index (χ4n) is 3.90. The quantitative estimate of drug-likeness (QED) is 0.499. The molecule has 2 aromatic rings. The summed E-state index contributed by atoms with van der Waals surface area (Å²) in [5, 5.41) is 3.40. The third-order valence-electron chi connectivity index (χ3n) is 5.53. The largest absolute Gasteiger partial charge is 0.493 e. The van der Waals surface area contributed by atoms with E-state index < -0.39 is 0 Å². The van der Waals surface area contributed by atoms with Crippen LogP contribution in [0.15, 0.2) is 41.4 Å². The molecule has 1 heterocycles. The van der Waals surface area contributed by atoms with Crippen molar-refractivity contribution in [2.24, 2.45) is 4.99 Å². The fourth-order valence-corrected chi connectivity index (χ4v) is 3.90. The van der Waals surface area contributed by atoms with Gasteiger partial charge in [0.25, 0.3) is 0 Å². The molecule has 3 rings (SSSR count). The Morgan fingerprint density at radius 1 is 0.938 bits per heavy atom. The van der Waals surface area contributed by atoms with Crippen LogP contribution >= 0.6 is 0 Å². The van der Waals surface area contributed by atoms with E-state index >= 15 is 0 Å². The second-order valence-corrected chi connectivity index (χ2v) is 7.43. The average Bonchev–Trinajstić information content (AvgIpc) is 2.83. The highest BCUT2D eigenvalue weighted by Crippen LogP contribution is 2.39. The number of benzene rings is 2. The smallest absolute Gasteiger partial charge is 0.203 e. The molecule has 0 atom stereocenters. The Bertz CT molecular complexity index is 897. The van der Waals surface area contributed by atoms with Crippen LogP contribution in [0.1, 0.15) is 12.5 Å². The average molecular weight is 445 g/mol. The first-order valence-corrected chi connectivity index (χ1v) is 10.9. The van der Waals surface area contributed by atoms with Crippen molar-refractivity contribution in [3.63, 3.8) is 0 Å². The number of hydrogen-bond donors (Lipinski definition) is 1. The standard InChI is InChI=1S/C24H33FN4O3/c1-5-26-24(29-16-14-28(15-17-29)20-9-7-19(25)8-10-20)27-13-12-18-6-11-21(30-2)23(32-4)22(18)31-3/h6-11H,5,12-17H2,1-4H3,(H,26,27). The van der Waals surface area contributed by atoms with Gasteiger partial charge < -0.3 is 29.3 Å². The van der Waals surface area contributed by atoms with Gasteiger partial charge in [-0.15, -0.1) is 0 Å². The molecule has 32 heavy (non-hydrogen) atoms. The van der Waals surface area contributed by atoms with Crippen LogP contribution in [0.2, 0.25) is 0 Å². The van der Waals surface area contributed by atoms with Gasteiger partial charge in [0, 0.05) is 50.5 Å². The summed E-state index contributed by atoms with van der Waals surface area (Å²) in [6.07, 6.45) is 0.716. The van der Waals surface area contributed by atoms with Crippen molar-refractivity contribution >= 4 is 11.6 Å². The molecule has 0 bridgehead atoms. The molecule has 7 nitrogen and oxygen atoms in total. The van der Waals surface area contributed by atoms with Crippen LogP contribution in [0, 0.1) is 5.82 Å². The monoisotopic (exact) mass is 444 g/mol. The number of nitrogens with one attached hydrogen (secondary N) is 1. The number of hydrogen-bond acceptors (Lipinski definition) is 5.